The van der Waals surface area contributed by atoms with Gasteiger partial charge in [-0.15, -0.1) is 0 Å². The van der Waals surface area contributed by atoms with E-state index in [1.807, 2.05) is 0 Å². The van der Waals surface area contributed by atoms with Crippen LogP contribution in [0.15, 0.2) is 85.1 Å². The lowest BCUT2D eigenvalue weighted by Crippen LogP contribution is -2.61. The first-order valence-corrected chi connectivity index (χ1v) is 30.6. The van der Waals surface area contributed by atoms with E-state index in [0.717, 1.165) is 148 Å². The predicted octanol–water partition coefficient (Wildman–Crippen LogP) is 15.9. The Morgan fingerprint density at radius 3 is 1.30 bits per heavy atom. The number of carbonyl (C=O) groups is 4. The standard InChI is InChI=1S/C65H108O12/c1-4-7-10-13-16-19-22-24-26-28-29-31-32-34-37-39-42-45-48-51-57(66)73-54-56(75-58(67)52-49-46-43-41-38-35-33-30-27-25-23-20-17-14-11-8-5-2)55-74-65-63(61(70)60(69)62(77-65)64(71)72)76-59(68)53-50-47-44-40-36-21-18-15-12-9-6-3/h7,10,15-20,24-27,29,31,56,60-63,65,69-70H,4-6,8-9,11-14,21-23,28,30,32-55H2,1-3H3,(H,71,72)/b10-7-,18-15-,19-16-,20-17-,26-24-,27-25-,31-29-. The molecule has 1 rings (SSSR count). The van der Waals surface area contributed by atoms with Crippen molar-refractivity contribution < 1.29 is 58.2 Å². The van der Waals surface area contributed by atoms with E-state index in [1.54, 1.807) is 0 Å². The number of hydrogen-bond acceptors (Lipinski definition) is 11. The predicted molar refractivity (Wildman–Crippen MR) is 312 cm³/mol. The Morgan fingerprint density at radius 1 is 0.442 bits per heavy atom. The number of unbranched alkanes of at least 4 members (excludes halogenated alkanes) is 23. The number of rotatable bonds is 51. The van der Waals surface area contributed by atoms with Crippen LogP contribution in [-0.4, -0.2) is 89.2 Å². The number of allylic oxidation sites excluding steroid dienone is 14. The van der Waals surface area contributed by atoms with Gasteiger partial charge in [0.15, 0.2) is 24.6 Å². The highest BCUT2D eigenvalue weighted by molar-refractivity contribution is 5.74. The van der Waals surface area contributed by atoms with E-state index in [-0.39, 0.29) is 25.9 Å². The molecule has 440 valence electrons. The fourth-order valence-electron chi connectivity index (χ4n) is 8.72. The quantitative estimate of drug-likeness (QED) is 0.0228. The van der Waals surface area contributed by atoms with Crippen molar-refractivity contribution in [3.8, 4) is 0 Å². The molecular weight excluding hydrogens is 973 g/mol. The van der Waals surface area contributed by atoms with Gasteiger partial charge in [0, 0.05) is 19.3 Å². The second kappa shape index (κ2) is 52.6. The van der Waals surface area contributed by atoms with Gasteiger partial charge in [0.05, 0.1) is 6.61 Å². The Balaban J connectivity index is 2.69. The molecule has 0 aromatic rings. The second-order valence-electron chi connectivity index (χ2n) is 20.6. The molecular formula is C65H108O12. The molecule has 1 aliphatic rings. The summed E-state index contributed by atoms with van der Waals surface area (Å²) in [6, 6.07) is 0. The van der Waals surface area contributed by atoms with E-state index in [0.29, 0.717) is 19.3 Å². The summed E-state index contributed by atoms with van der Waals surface area (Å²) in [6.45, 7) is 5.79. The zero-order valence-electron chi connectivity index (χ0n) is 48.4. The average molecular weight is 1080 g/mol. The van der Waals surface area contributed by atoms with Gasteiger partial charge in [0.25, 0.3) is 0 Å². The van der Waals surface area contributed by atoms with Gasteiger partial charge in [-0.1, -0.05) is 209 Å². The zero-order chi connectivity index (χ0) is 56.1. The summed E-state index contributed by atoms with van der Waals surface area (Å²) in [5, 5.41) is 31.5. The molecule has 77 heavy (non-hydrogen) atoms. The molecule has 1 heterocycles. The number of aliphatic hydroxyl groups is 2. The second-order valence-corrected chi connectivity index (χ2v) is 20.6. The summed E-state index contributed by atoms with van der Waals surface area (Å²) in [5.41, 5.74) is 0. The molecule has 0 amide bonds. The molecule has 1 fully saturated rings. The summed E-state index contributed by atoms with van der Waals surface area (Å²) in [4.78, 5) is 51.2. The van der Waals surface area contributed by atoms with Crippen LogP contribution in [0.25, 0.3) is 0 Å². The minimum absolute atomic E-state index is 0.0450. The number of esters is 3. The molecule has 1 saturated heterocycles. The fraction of sp³-hybridized carbons (Fsp3) is 0.723. The number of hydrogen-bond donors (Lipinski definition) is 3. The highest BCUT2D eigenvalue weighted by Gasteiger charge is 2.50. The fourth-order valence-corrected chi connectivity index (χ4v) is 8.72. The van der Waals surface area contributed by atoms with E-state index in [2.05, 4.69) is 106 Å². The van der Waals surface area contributed by atoms with Gasteiger partial charge >= 0.3 is 23.9 Å². The number of carbonyl (C=O) groups excluding carboxylic acids is 3. The van der Waals surface area contributed by atoms with Gasteiger partial charge in [0.1, 0.15) is 18.8 Å². The van der Waals surface area contributed by atoms with Crippen molar-refractivity contribution in [2.24, 2.45) is 0 Å². The van der Waals surface area contributed by atoms with Crippen LogP contribution in [0, 0.1) is 0 Å². The maximum Gasteiger partial charge on any atom is 0.335 e. The lowest BCUT2D eigenvalue weighted by Gasteiger charge is -2.40. The van der Waals surface area contributed by atoms with Crippen LogP contribution in [-0.2, 0) is 42.9 Å². The van der Waals surface area contributed by atoms with Gasteiger partial charge in [-0.05, 0) is 109 Å². The summed E-state index contributed by atoms with van der Waals surface area (Å²) in [7, 11) is 0. The van der Waals surface area contributed by atoms with Crippen LogP contribution in [0.1, 0.15) is 252 Å². The molecule has 6 unspecified atom stereocenters. The normalized spacial score (nSPS) is 18.6. The molecule has 0 bridgehead atoms. The monoisotopic (exact) mass is 1080 g/mol. The molecule has 0 aliphatic carbocycles. The molecule has 0 saturated carbocycles. The molecule has 12 nitrogen and oxygen atoms in total. The van der Waals surface area contributed by atoms with Crippen LogP contribution in [0.5, 0.6) is 0 Å². The summed E-state index contributed by atoms with van der Waals surface area (Å²) in [6.07, 6.45) is 55.5. The highest BCUT2D eigenvalue weighted by atomic mass is 16.7. The molecule has 6 atom stereocenters. The third kappa shape index (κ3) is 42.5. The number of ether oxygens (including phenoxy) is 5. The zero-order valence-corrected chi connectivity index (χ0v) is 48.4. The summed E-state index contributed by atoms with van der Waals surface area (Å²) >= 11 is 0. The van der Waals surface area contributed by atoms with Gasteiger partial charge in [-0.25, -0.2) is 4.79 Å². The first-order chi connectivity index (χ1) is 37.6. The van der Waals surface area contributed by atoms with E-state index >= 15 is 0 Å². The highest BCUT2D eigenvalue weighted by Crippen LogP contribution is 2.26. The Kier molecular flexibility index (Phi) is 48.4. The smallest absolute Gasteiger partial charge is 0.335 e. The Hall–Kier alpha value is -4.10. The number of aliphatic carboxylic acids is 1. The van der Waals surface area contributed by atoms with Crippen LogP contribution >= 0.6 is 0 Å². The first-order valence-electron chi connectivity index (χ1n) is 30.6. The van der Waals surface area contributed by atoms with E-state index in [1.165, 1.54) is 44.9 Å². The Bertz CT molecular complexity index is 1660. The molecule has 1 aliphatic heterocycles. The van der Waals surface area contributed by atoms with Crippen molar-refractivity contribution in [2.75, 3.05) is 13.2 Å². The van der Waals surface area contributed by atoms with E-state index < -0.39 is 67.3 Å². The average Bonchev–Trinajstić information content (AvgIpc) is 3.42. The third-order valence-corrected chi connectivity index (χ3v) is 13.4. The van der Waals surface area contributed by atoms with Crippen LogP contribution < -0.4 is 0 Å². The maximum atomic E-state index is 13.2. The van der Waals surface area contributed by atoms with Crippen molar-refractivity contribution in [3.05, 3.63) is 85.1 Å². The maximum absolute atomic E-state index is 13.2. The van der Waals surface area contributed by atoms with Crippen molar-refractivity contribution >= 4 is 23.9 Å². The van der Waals surface area contributed by atoms with Crippen LogP contribution in [0.3, 0.4) is 0 Å². The Labute approximate surface area is 467 Å². The van der Waals surface area contributed by atoms with Gasteiger partial charge in [-0.3, -0.25) is 14.4 Å². The van der Waals surface area contributed by atoms with E-state index in [4.69, 9.17) is 23.7 Å². The van der Waals surface area contributed by atoms with Crippen molar-refractivity contribution in [1.82, 2.24) is 0 Å². The number of carboxylic acid groups (broad SMARTS) is 1. The van der Waals surface area contributed by atoms with Crippen LogP contribution in [0.4, 0.5) is 0 Å². The van der Waals surface area contributed by atoms with Crippen molar-refractivity contribution in [3.63, 3.8) is 0 Å². The molecule has 12 heteroatoms. The topological polar surface area (TPSA) is 175 Å². The number of aliphatic hydroxyl groups excluding tert-OH is 2. The van der Waals surface area contributed by atoms with Gasteiger partial charge in [-0.2, -0.15) is 0 Å². The van der Waals surface area contributed by atoms with Gasteiger partial charge in [0.2, 0.25) is 0 Å². The molecule has 0 aromatic carbocycles. The molecule has 0 aromatic heterocycles. The summed E-state index contributed by atoms with van der Waals surface area (Å²) < 4.78 is 28.4. The Morgan fingerprint density at radius 2 is 0.831 bits per heavy atom. The minimum Gasteiger partial charge on any atom is -0.479 e. The third-order valence-electron chi connectivity index (χ3n) is 13.4. The van der Waals surface area contributed by atoms with Crippen molar-refractivity contribution in [2.45, 2.75) is 289 Å². The SMILES string of the molecule is CC/C=C\C/C=C\C/C=C\C/C=C\CCCCCCCCC(=O)OCC(COC1OC(C(=O)O)C(O)C(O)C1OC(=O)CCCCCCC/C=C\CCCC)OC(=O)CCCCCCCCC/C=C\C/C=C\CCCCC. The van der Waals surface area contributed by atoms with Gasteiger partial charge < -0.3 is 39.0 Å². The van der Waals surface area contributed by atoms with Crippen LogP contribution in [0.2, 0.25) is 0 Å². The van der Waals surface area contributed by atoms with Crippen molar-refractivity contribution in [1.29, 1.82) is 0 Å². The molecule has 0 radical (unpaired) electrons. The lowest BCUT2D eigenvalue weighted by atomic mass is 9.98. The first kappa shape index (κ1) is 70.9. The van der Waals surface area contributed by atoms with E-state index in [9.17, 15) is 34.5 Å². The molecule has 3 N–H and O–H groups in total. The largest absolute Gasteiger partial charge is 0.479 e. The number of carboxylic acids is 1. The minimum atomic E-state index is -1.91. The lowest BCUT2D eigenvalue weighted by molar-refractivity contribution is -0.301. The molecule has 0 spiro atoms. The summed E-state index contributed by atoms with van der Waals surface area (Å²) in [5.74, 6) is -3.16.